The van der Waals surface area contributed by atoms with Gasteiger partial charge in [0.2, 0.25) is 5.91 Å². The van der Waals surface area contributed by atoms with E-state index in [1.807, 2.05) is 0 Å². The molecule has 0 aliphatic carbocycles. The summed E-state index contributed by atoms with van der Waals surface area (Å²) in [6.07, 6.45) is 3.16. The van der Waals surface area contributed by atoms with Gasteiger partial charge >= 0.3 is 0 Å². The van der Waals surface area contributed by atoms with Crippen LogP contribution in [0.5, 0.6) is 5.75 Å². The molecule has 1 heterocycles. The molecule has 22 heavy (non-hydrogen) atoms. The SMILES string of the molecule is CC1(CNC(=O)CCCOc2ccccc2F)CCNCC1. The van der Waals surface area contributed by atoms with Crippen LogP contribution in [0, 0.1) is 11.2 Å². The molecule has 1 aromatic rings. The zero-order chi connectivity index (χ0) is 15.8. The molecule has 1 fully saturated rings. The first-order valence-electron chi connectivity index (χ1n) is 7.94. The van der Waals surface area contributed by atoms with Gasteiger partial charge < -0.3 is 15.4 Å². The second-order valence-electron chi connectivity index (χ2n) is 6.22. The Morgan fingerprint density at radius 3 is 2.82 bits per heavy atom. The molecule has 1 amide bonds. The summed E-state index contributed by atoms with van der Waals surface area (Å²) in [6.45, 7) is 5.32. The minimum Gasteiger partial charge on any atom is -0.491 e. The van der Waals surface area contributed by atoms with E-state index in [1.165, 1.54) is 6.07 Å². The van der Waals surface area contributed by atoms with Crippen LogP contribution in [-0.2, 0) is 4.79 Å². The smallest absolute Gasteiger partial charge is 0.220 e. The summed E-state index contributed by atoms with van der Waals surface area (Å²) in [5, 5.41) is 6.34. The summed E-state index contributed by atoms with van der Waals surface area (Å²) >= 11 is 0. The van der Waals surface area contributed by atoms with Gasteiger partial charge in [-0.2, -0.15) is 0 Å². The number of benzene rings is 1. The van der Waals surface area contributed by atoms with Gasteiger partial charge in [0.25, 0.3) is 0 Å². The minimum atomic E-state index is -0.370. The van der Waals surface area contributed by atoms with E-state index in [9.17, 15) is 9.18 Å². The van der Waals surface area contributed by atoms with Crippen molar-refractivity contribution in [1.82, 2.24) is 10.6 Å². The van der Waals surface area contributed by atoms with Crippen LogP contribution in [0.4, 0.5) is 4.39 Å². The van der Waals surface area contributed by atoms with Gasteiger partial charge in [0.05, 0.1) is 6.61 Å². The van der Waals surface area contributed by atoms with E-state index in [4.69, 9.17) is 4.74 Å². The number of carbonyl (C=O) groups is 1. The maximum atomic E-state index is 13.3. The lowest BCUT2D eigenvalue weighted by atomic mass is 9.81. The first-order chi connectivity index (χ1) is 10.6. The van der Waals surface area contributed by atoms with Crippen LogP contribution in [-0.4, -0.2) is 32.1 Å². The molecule has 0 saturated carbocycles. The van der Waals surface area contributed by atoms with Crippen molar-refractivity contribution in [3.05, 3.63) is 30.1 Å². The maximum absolute atomic E-state index is 13.3. The lowest BCUT2D eigenvalue weighted by Crippen LogP contribution is -2.42. The van der Waals surface area contributed by atoms with Gasteiger partial charge in [0, 0.05) is 13.0 Å². The van der Waals surface area contributed by atoms with Crippen LogP contribution in [0.2, 0.25) is 0 Å². The van der Waals surface area contributed by atoms with E-state index in [0.717, 1.165) is 32.5 Å². The van der Waals surface area contributed by atoms with E-state index < -0.39 is 0 Å². The molecule has 0 atom stereocenters. The van der Waals surface area contributed by atoms with E-state index >= 15 is 0 Å². The van der Waals surface area contributed by atoms with Crippen LogP contribution in [0.3, 0.4) is 0 Å². The van der Waals surface area contributed by atoms with E-state index in [2.05, 4.69) is 17.6 Å². The number of carbonyl (C=O) groups excluding carboxylic acids is 1. The lowest BCUT2D eigenvalue weighted by Gasteiger charge is -2.34. The van der Waals surface area contributed by atoms with E-state index in [-0.39, 0.29) is 22.9 Å². The van der Waals surface area contributed by atoms with Crippen molar-refractivity contribution in [2.75, 3.05) is 26.2 Å². The highest BCUT2D eigenvalue weighted by Crippen LogP contribution is 2.26. The van der Waals surface area contributed by atoms with Crippen LogP contribution < -0.4 is 15.4 Å². The Morgan fingerprint density at radius 1 is 1.36 bits per heavy atom. The van der Waals surface area contributed by atoms with Crippen molar-refractivity contribution in [2.45, 2.75) is 32.6 Å². The Hall–Kier alpha value is -1.62. The largest absolute Gasteiger partial charge is 0.491 e. The maximum Gasteiger partial charge on any atom is 0.220 e. The molecule has 2 rings (SSSR count). The van der Waals surface area contributed by atoms with Gasteiger partial charge in [-0.15, -0.1) is 0 Å². The van der Waals surface area contributed by atoms with Gasteiger partial charge in [0.1, 0.15) is 0 Å². The number of halogens is 1. The molecule has 0 radical (unpaired) electrons. The monoisotopic (exact) mass is 308 g/mol. The lowest BCUT2D eigenvalue weighted by molar-refractivity contribution is -0.121. The third-order valence-corrected chi connectivity index (χ3v) is 4.17. The number of ether oxygens (including phenoxy) is 1. The van der Waals surface area contributed by atoms with Gasteiger partial charge in [0.15, 0.2) is 11.6 Å². The number of para-hydroxylation sites is 1. The second-order valence-corrected chi connectivity index (χ2v) is 6.22. The molecule has 1 aliphatic rings. The summed E-state index contributed by atoms with van der Waals surface area (Å²) in [5.74, 6) is -0.0900. The Labute approximate surface area is 131 Å². The number of nitrogens with one attached hydrogen (secondary N) is 2. The second kappa shape index (κ2) is 8.13. The number of piperidine rings is 1. The summed E-state index contributed by atoms with van der Waals surface area (Å²) in [4.78, 5) is 11.8. The number of amides is 1. The number of rotatable bonds is 7. The number of hydrogen-bond donors (Lipinski definition) is 2. The fourth-order valence-corrected chi connectivity index (χ4v) is 2.58. The van der Waals surface area contributed by atoms with E-state index in [1.54, 1.807) is 18.2 Å². The first-order valence-corrected chi connectivity index (χ1v) is 7.94. The van der Waals surface area contributed by atoms with Gasteiger partial charge in [-0.25, -0.2) is 4.39 Å². The molecule has 0 unspecified atom stereocenters. The van der Waals surface area contributed by atoms with E-state index in [0.29, 0.717) is 19.4 Å². The molecule has 5 heteroatoms. The molecule has 0 spiro atoms. The fourth-order valence-electron chi connectivity index (χ4n) is 2.58. The Balaban J connectivity index is 1.61. The molecular formula is C17H25FN2O2. The number of hydrogen-bond acceptors (Lipinski definition) is 3. The first kappa shape index (κ1) is 16.7. The van der Waals surface area contributed by atoms with Crippen LogP contribution >= 0.6 is 0 Å². The zero-order valence-electron chi connectivity index (χ0n) is 13.2. The molecule has 1 saturated heterocycles. The normalized spacial score (nSPS) is 17.0. The standard InChI is InChI=1S/C17H25FN2O2/c1-17(8-10-19-11-9-17)13-20-16(21)7-4-12-22-15-6-3-2-5-14(15)18/h2-3,5-6,19H,4,7-13H2,1H3,(H,20,21). The Kier molecular flexibility index (Phi) is 6.19. The molecular weight excluding hydrogens is 283 g/mol. The molecule has 122 valence electrons. The summed E-state index contributed by atoms with van der Waals surface area (Å²) in [7, 11) is 0. The highest BCUT2D eigenvalue weighted by atomic mass is 19.1. The Morgan fingerprint density at radius 2 is 2.09 bits per heavy atom. The van der Waals surface area contributed by atoms with Crippen LogP contribution in [0.15, 0.2) is 24.3 Å². The summed E-state index contributed by atoms with van der Waals surface area (Å²) in [6, 6.07) is 6.30. The highest BCUT2D eigenvalue weighted by molar-refractivity contribution is 5.75. The van der Waals surface area contributed by atoms with Crippen LogP contribution in [0.25, 0.3) is 0 Å². The van der Waals surface area contributed by atoms with Crippen molar-refractivity contribution in [2.24, 2.45) is 5.41 Å². The summed E-state index contributed by atoms with van der Waals surface area (Å²) in [5.41, 5.74) is 0.199. The average molecular weight is 308 g/mol. The van der Waals surface area contributed by atoms with Crippen LogP contribution in [0.1, 0.15) is 32.6 Å². The molecule has 1 aromatic carbocycles. The Bertz CT molecular complexity index is 487. The van der Waals surface area contributed by atoms with Crippen molar-refractivity contribution in [3.8, 4) is 5.75 Å². The predicted octanol–water partition coefficient (Wildman–Crippen LogP) is 2.49. The average Bonchev–Trinajstić information content (AvgIpc) is 2.52. The topological polar surface area (TPSA) is 50.4 Å². The molecule has 0 aromatic heterocycles. The molecule has 1 aliphatic heterocycles. The van der Waals surface area contributed by atoms with Crippen molar-refractivity contribution in [1.29, 1.82) is 0 Å². The minimum absolute atomic E-state index is 0.0388. The van der Waals surface area contributed by atoms with Crippen molar-refractivity contribution >= 4 is 5.91 Å². The van der Waals surface area contributed by atoms with Crippen molar-refractivity contribution in [3.63, 3.8) is 0 Å². The van der Waals surface area contributed by atoms with Gasteiger partial charge in [-0.1, -0.05) is 19.1 Å². The third-order valence-electron chi connectivity index (χ3n) is 4.17. The third kappa shape index (κ3) is 5.30. The molecule has 4 nitrogen and oxygen atoms in total. The quantitative estimate of drug-likeness (QED) is 0.761. The highest BCUT2D eigenvalue weighted by Gasteiger charge is 2.26. The van der Waals surface area contributed by atoms with Crippen molar-refractivity contribution < 1.29 is 13.9 Å². The zero-order valence-corrected chi connectivity index (χ0v) is 13.2. The van der Waals surface area contributed by atoms with Gasteiger partial charge in [-0.05, 0) is 49.9 Å². The van der Waals surface area contributed by atoms with Gasteiger partial charge in [-0.3, -0.25) is 4.79 Å². The predicted molar refractivity (Wildman–Crippen MR) is 84.3 cm³/mol. The molecule has 0 bridgehead atoms. The molecule has 2 N–H and O–H groups in total. The summed E-state index contributed by atoms with van der Waals surface area (Å²) < 4.78 is 18.7. The fraction of sp³-hybridized carbons (Fsp3) is 0.588.